The minimum atomic E-state index is -4.65. The van der Waals surface area contributed by atoms with E-state index in [0.717, 1.165) is 51.4 Å². The zero-order chi connectivity index (χ0) is 22.6. The van der Waals surface area contributed by atoms with Crippen molar-refractivity contribution < 1.29 is 17.4 Å². The number of hydrogen-bond acceptors (Lipinski definition) is 3. The number of hydrogen-bond donors (Lipinski definition) is 2. The van der Waals surface area contributed by atoms with Crippen LogP contribution < -0.4 is 6.15 Å². The van der Waals surface area contributed by atoms with Crippen molar-refractivity contribution in [3.8, 4) is 0 Å². The van der Waals surface area contributed by atoms with Crippen LogP contribution in [0.5, 0.6) is 0 Å². The van der Waals surface area contributed by atoms with Gasteiger partial charge in [0.15, 0.2) is 0 Å². The van der Waals surface area contributed by atoms with Crippen LogP contribution >= 0.6 is 0 Å². The van der Waals surface area contributed by atoms with Crippen LogP contribution in [0.2, 0.25) is 0 Å². The summed E-state index contributed by atoms with van der Waals surface area (Å²) in [6, 6.07) is 0. The van der Waals surface area contributed by atoms with Crippen LogP contribution in [0.4, 0.5) is 4.39 Å². The second-order valence-electron chi connectivity index (χ2n) is 9.22. The highest BCUT2D eigenvalue weighted by Gasteiger charge is 2.42. The average Bonchev–Trinajstić information content (AvgIpc) is 2.70. The number of unbranched alkanes of at least 4 members (excludes halogenated alkanes) is 18. The van der Waals surface area contributed by atoms with E-state index >= 15 is 0 Å². The van der Waals surface area contributed by atoms with E-state index in [2.05, 4.69) is 13.8 Å². The third-order valence-corrected chi connectivity index (χ3v) is 7.60. The minimum absolute atomic E-state index is 0. The van der Waals surface area contributed by atoms with Crippen molar-refractivity contribution in [1.29, 1.82) is 0 Å². The summed E-state index contributed by atoms with van der Waals surface area (Å²) in [5, 5.41) is -2.45. The van der Waals surface area contributed by atoms with E-state index < -0.39 is 15.1 Å². The first-order valence-corrected chi connectivity index (χ1v) is 14.5. The number of halogens is 1. The van der Waals surface area contributed by atoms with E-state index in [1.165, 1.54) is 64.2 Å². The predicted molar refractivity (Wildman–Crippen MR) is 133 cm³/mol. The first-order valence-electron chi connectivity index (χ1n) is 13.0. The van der Waals surface area contributed by atoms with Crippen molar-refractivity contribution in [2.75, 3.05) is 0 Å². The van der Waals surface area contributed by atoms with Gasteiger partial charge in [-0.2, -0.15) is 8.42 Å². The number of rotatable bonds is 23. The molecule has 0 saturated heterocycles. The van der Waals surface area contributed by atoms with Gasteiger partial charge in [-0.1, -0.05) is 129 Å². The van der Waals surface area contributed by atoms with Crippen LogP contribution in [0.15, 0.2) is 0 Å². The molecule has 0 aliphatic carbocycles. The largest absolute Gasteiger partial charge is 0.344 e. The molecule has 0 aliphatic rings. The van der Waals surface area contributed by atoms with Crippen molar-refractivity contribution in [3.05, 3.63) is 0 Å². The van der Waals surface area contributed by atoms with E-state index in [0.29, 0.717) is 12.8 Å². The maximum Gasteiger partial charge on any atom is 0.300 e. The standard InChI is InChI=1S/C25H51FO3S.H3N/c1-3-5-7-9-11-12-13-14-15-16-17-18-20-22-24-25(26,30(27,28)29)23-21-19-10-8-6-4-2;/h3-24H2,1-2H3,(H,27,28,29);1H3. The van der Waals surface area contributed by atoms with E-state index in [1.54, 1.807) is 0 Å². The first-order chi connectivity index (χ1) is 14.4. The molecule has 0 amide bonds. The van der Waals surface area contributed by atoms with Crippen molar-refractivity contribution in [2.24, 2.45) is 0 Å². The van der Waals surface area contributed by atoms with Gasteiger partial charge in [-0.05, 0) is 25.7 Å². The van der Waals surface area contributed by atoms with Crippen LogP contribution in [0.25, 0.3) is 0 Å². The lowest BCUT2D eigenvalue weighted by Crippen LogP contribution is -2.33. The molecule has 0 rings (SSSR count). The molecule has 4 N–H and O–H groups in total. The van der Waals surface area contributed by atoms with Gasteiger partial charge in [-0.3, -0.25) is 4.55 Å². The Hall–Kier alpha value is -0.200. The monoisotopic (exact) mass is 467 g/mol. The Kier molecular flexibility index (Phi) is 23.0. The molecule has 0 heterocycles. The normalized spacial score (nSPS) is 13.7. The van der Waals surface area contributed by atoms with Gasteiger partial charge in [0, 0.05) is 0 Å². The zero-order valence-corrected chi connectivity index (χ0v) is 21.6. The van der Waals surface area contributed by atoms with E-state index in [-0.39, 0.29) is 19.0 Å². The van der Waals surface area contributed by atoms with Crippen molar-refractivity contribution in [2.45, 2.75) is 160 Å². The molecule has 0 fully saturated rings. The molecule has 1 atom stereocenters. The van der Waals surface area contributed by atoms with Crippen LogP contribution in [0.1, 0.15) is 155 Å². The van der Waals surface area contributed by atoms with Crippen LogP contribution in [-0.4, -0.2) is 18.0 Å². The summed E-state index contributed by atoms with van der Waals surface area (Å²) in [4.78, 5) is 0. The topological polar surface area (TPSA) is 89.4 Å². The molecule has 0 spiro atoms. The molecule has 6 heteroatoms. The maximum absolute atomic E-state index is 14.9. The summed E-state index contributed by atoms with van der Waals surface area (Å²) in [7, 11) is -4.65. The lowest BCUT2D eigenvalue weighted by Gasteiger charge is -2.22. The Morgan fingerprint density at radius 1 is 0.548 bits per heavy atom. The molecule has 0 aliphatic heterocycles. The van der Waals surface area contributed by atoms with Gasteiger partial charge in [-0.15, -0.1) is 0 Å². The highest BCUT2D eigenvalue weighted by atomic mass is 32.2. The summed E-state index contributed by atoms with van der Waals surface area (Å²) in [5.74, 6) is 0. The zero-order valence-electron chi connectivity index (χ0n) is 20.8. The molecule has 4 nitrogen and oxygen atoms in total. The minimum Gasteiger partial charge on any atom is -0.344 e. The van der Waals surface area contributed by atoms with Crippen molar-refractivity contribution >= 4 is 10.1 Å². The average molecular weight is 468 g/mol. The molecule has 0 aromatic heterocycles. The Bertz CT molecular complexity index is 473. The van der Waals surface area contributed by atoms with Crippen LogP contribution in [0, 0.1) is 0 Å². The van der Waals surface area contributed by atoms with E-state index in [9.17, 15) is 17.4 Å². The third kappa shape index (κ3) is 19.0. The lowest BCUT2D eigenvalue weighted by atomic mass is 10.0. The lowest BCUT2D eigenvalue weighted by molar-refractivity contribution is 0.203. The summed E-state index contributed by atoms with van der Waals surface area (Å²) >= 11 is 0. The van der Waals surface area contributed by atoms with Gasteiger partial charge in [-0.25, -0.2) is 4.39 Å². The molecule has 0 aromatic carbocycles. The smallest absolute Gasteiger partial charge is 0.300 e. The van der Waals surface area contributed by atoms with Gasteiger partial charge in [0.25, 0.3) is 10.1 Å². The molecule has 0 bridgehead atoms. The van der Waals surface area contributed by atoms with Gasteiger partial charge in [0.05, 0.1) is 0 Å². The Balaban J connectivity index is 0. The Morgan fingerprint density at radius 2 is 0.774 bits per heavy atom. The molecule has 190 valence electrons. The molecule has 0 saturated carbocycles. The van der Waals surface area contributed by atoms with Crippen molar-refractivity contribution in [1.82, 2.24) is 6.15 Å². The van der Waals surface area contributed by atoms with Crippen LogP contribution in [0.3, 0.4) is 0 Å². The van der Waals surface area contributed by atoms with Gasteiger partial charge < -0.3 is 6.15 Å². The maximum atomic E-state index is 14.9. The molecular formula is C25H54FNO3S. The highest BCUT2D eigenvalue weighted by molar-refractivity contribution is 7.87. The first kappa shape index (κ1) is 33.0. The summed E-state index contributed by atoms with van der Waals surface area (Å²) in [5.41, 5.74) is 0. The fraction of sp³-hybridized carbons (Fsp3) is 1.00. The summed E-state index contributed by atoms with van der Waals surface area (Å²) in [6.45, 7) is 4.39. The van der Waals surface area contributed by atoms with Crippen LogP contribution in [-0.2, 0) is 10.1 Å². The SMILES string of the molecule is CCCCCCCCCCCCCCCCC(F)(CCCCCCCC)S(=O)(=O)O.N. The highest BCUT2D eigenvalue weighted by Crippen LogP contribution is 2.32. The second-order valence-corrected chi connectivity index (χ2v) is 10.9. The second kappa shape index (κ2) is 21.6. The van der Waals surface area contributed by atoms with Gasteiger partial charge in [0.2, 0.25) is 5.00 Å². The molecular weight excluding hydrogens is 413 g/mol. The predicted octanol–water partition coefficient (Wildman–Crippen LogP) is 9.32. The Morgan fingerprint density at radius 3 is 1.00 bits per heavy atom. The van der Waals surface area contributed by atoms with Crippen molar-refractivity contribution in [3.63, 3.8) is 0 Å². The quantitative estimate of drug-likeness (QED) is 0.116. The summed E-state index contributed by atoms with van der Waals surface area (Å²) < 4.78 is 47.4. The van der Waals surface area contributed by atoms with E-state index in [1.807, 2.05) is 0 Å². The molecule has 0 aromatic rings. The fourth-order valence-electron chi connectivity index (χ4n) is 4.14. The molecule has 1 unspecified atom stereocenters. The summed E-state index contributed by atoms with van der Waals surface area (Å²) in [6.07, 6.45) is 22.5. The van der Waals surface area contributed by atoms with E-state index in [4.69, 9.17) is 0 Å². The molecule has 31 heavy (non-hydrogen) atoms. The number of alkyl halides is 1. The fourth-order valence-corrected chi connectivity index (χ4v) is 4.94. The van der Waals surface area contributed by atoms with Gasteiger partial charge >= 0.3 is 0 Å². The molecule has 0 radical (unpaired) electrons. The Labute approximate surface area is 193 Å². The van der Waals surface area contributed by atoms with Gasteiger partial charge in [0.1, 0.15) is 0 Å². The third-order valence-electron chi connectivity index (χ3n) is 6.27.